The molecule has 1 aliphatic heterocycles. The molecule has 6 heteroatoms. The molecule has 1 aromatic heterocycles. The minimum absolute atomic E-state index is 0.500. The Morgan fingerprint density at radius 2 is 2.00 bits per heavy atom. The number of piperidine rings is 1. The van der Waals surface area contributed by atoms with Crippen LogP contribution in [-0.4, -0.2) is 32.4 Å². The minimum atomic E-state index is -3.26. The second kappa shape index (κ2) is 6.35. The molecular weight excluding hydrogens is 280 g/mol. The Morgan fingerprint density at radius 3 is 2.63 bits per heavy atom. The van der Waals surface area contributed by atoms with Crippen LogP contribution in [0.2, 0.25) is 0 Å². The third kappa shape index (κ3) is 3.37. The molecule has 4 nitrogen and oxygen atoms in total. The van der Waals surface area contributed by atoms with Gasteiger partial charge < -0.3 is 5.32 Å². The molecule has 1 aliphatic rings. The van der Waals surface area contributed by atoms with Gasteiger partial charge in [-0.2, -0.15) is 4.31 Å². The summed E-state index contributed by atoms with van der Waals surface area (Å²) in [4.78, 5) is 1.12. The number of hydrogen-bond acceptors (Lipinski definition) is 4. The summed E-state index contributed by atoms with van der Waals surface area (Å²) < 4.78 is 27.2. The summed E-state index contributed by atoms with van der Waals surface area (Å²) in [5, 5.41) is 3.25. The molecule has 1 saturated heterocycles. The first-order valence-electron chi connectivity index (χ1n) is 6.86. The fourth-order valence-electron chi connectivity index (χ4n) is 2.26. The summed E-state index contributed by atoms with van der Waals surface area (Å²) >= 11 is 1.41. The lowest BCUT2D eigenvalue weighted by molar-refractivity contribution is 0.347. The Hall–Kier alpha value is -0.430. The monoisotopic (exact) mass is 302 g/mol. The smallest absolute Gasteiger partial charge is 0.252 e. The summed E-state index contributed by atoms with van der Waals surface area (Å²) in [5.41, 5.74) is 1.07. The highest BCUT2D eigenvalue weighted by Crippen LogP contribution is 2.29. The zero-order valence-corrected chi connectivity index (χ0v) is 13.2. The van der Waals surface area contributed by atoms with Gasteiger partial charge in [0.25, 0.3) is 10.0 Å². The van der Waals surface area contributed by atoms with Gasteiger partial charge in [0.2, 0.25) is 0 Å². The number of nitrogens with zero attached hydrogens (tertiary/aromatic N) is 1. The molecule has 1 fully saturated rings. The maximum Gasteiger partial charge on any atom is 0.252 e. The fraction of sp³-hybridized carbons (Fsp3) is 0.692. The Labute approximate surface area is 119 Å². The van der Waals surface area contributed by atoms with Crippen LogP contribution in [0, 0.1) is 6.92 Å². The highest BCUT2D eigenvalue weighted by molar-refractivity contribution is 7.91. The van der Waals surface area contributed by atoms with E-state index in [1.165, 1.54) is 11.3 Å². The van der Waals surface area contributed by atoms with Gasteiger partial charge in [-0.05, 0) is 37.9 Å². The van der Waals surface area contributed by atoms with E-state index in [4.69, 9.17) is 0 Å². The van der Waals surface area contributed by atoms with Gasteiger partial charge in [0.05, 0.1) is 0 Å². The van der Waals surface area contributed by atoms with E-state index in [-0.39, 0.29) is 0 Å². The number of sulfonamides is 1. The van der Waals surface area contributed by atoms with Crippen molar-refractivity contribution in [2.75, 3.05) is 19.6 Å². The first kappa shape index (κ1) is 15.0. The molecule has 0 amide bonds. The molecular formula is C13H22N2O2S2. The van der Waals surface area contributed by atoms with E-state index < -0.39 is 10.0 Å². The first-order valence-corrected chi connectivity index (χ1v) is 9.11. The van der Waals surface area contributed by atoms with Crippen LogP contribution in [0.5, 0.6) is 0 Å². The van der Waals surface area contributed by atoms with Crippen molar-refractivity contribution in [1.82, 2.24) is 9.62 Å². The van der Waals surface area contributed by atoms with E-state index >= 15 is 0 Å². The van der Waals surface area contributed by atoms with Crippen molar-refractivity contribution in [3.63, 3.8) is 0 Å². The molecule has 0 saturated carbocycles. The molecule has 0 bridgehead atoms. The number of thiophene rings is 1. The topological polar surface area (TPSA) is 49.4 Å². The van der Waals surface area contributed by atoms with Gasteiger partial charge >= 0.3 is 0 Å². The predicted molar refractivity (Wildman–Crippen MR) is 79.0 cm³/mol. The lowest BCUT2D eigenvalue weighted by Gasteiger charge is -2.25. The maximum atomic E-state index is 12.5. The van der Waals surface area contributed by atoms with Gasteiger partial charge in [-0.15, -0.1) is 11.3 Å². The van der Waals surface area contributed by atoms with Gasteiger partial charge in [-0.25, -0.2) is 8.42 Å². The van der Waals surface area contributed by atoms with Gasteiger partial charge in [-0.1, -0.05) is 13.3 Å². The minimum Gasteiger partial charge on any atom is -0.312 e. The summed E-state index contributed by atoms with van der Waals surface area (Å²) in [7, 11) is -3.26. The average Bonchev–Trinajstić information content (AvgIpc) is 2.79. The number of hydrogen-bond donors (Lipinski definition) is 1. The van der Waals surface area contributed by atoms with Gasteiger partial charge in [0.15, 0.2) is 0 Å². The van der Waals surface area contributed by atoms with Gasteiger partial charge in [0.1, 0.15) is 4.21 Å². The molecule has 0 atom stereocenters. The van der Waals surface area contributed by atoms with Crippen LogP contribution in [0.25, 0.3) is 0 Å². The van der Waals surface area contributed by atoms with Crippen molar-refractivity contribution in [3.8, 4) is 0 Å². The highest BCUT2D eigenvalue weighted by atomic mass is 32.2. The van der Waals surface area contributed by atoms with Crippen LogP contribution in [0.4, 0.5) is 0 Å². The summed E-state index contributed by atoms with van der Waals surface area (Å²) in [5.74, 6) is 0. The Kier molecular flexibility index (Phi) is 5.00. The van der Waals surface area contributed by atoms with Crippen molar-refractivity contribution < 1.29 is 8.42 Å². The Bertz CT molecular complexity index is 517. The highest BCUT2D eigenvalue weighted by Gasteiger charge is 2.28. The quantitative estimate of drug-likeness (QED) is 0.908. The van der Waals surface area contributed by atoms with E-state index in [0.29, 0.717) is 17.3 Å². The molecule has 0 spiro atoms. The summed E-state index contributed by atoms with van der Waals surface area (Å²) in [6.45, 7) is 7.02. The molecule has 0 aromatic carbocycles. The lowest BCUT2D eigenvalue weighted by atomic mass is 10.2. The third-order valence-electron chi connectivity index (χ3n) is 3.44. The third-order valence-corrected chi connectivity index (χ3v) is 7.03. The maximum absolute atomic E-state index is 12.5. The van der Waals surface area contributed by atoms with E-state index in [2.05, 4.69) is 5.32 Å². The van der Waals surface area contributed by atoms with Gasteiger partial charge in [0, 0.05) is 24.5 Å². The fourth-order valence-corrected chi connectivity index (χ4v) is 5.49. The largest absolute Gasteiger partial charge is 0.312 e. The molecule has 108 valence electrons. The van der Waals surface area contributed by atoms with Crippen molar-refractivity contribution in [1.29, 1.82) is 0 Å². The van der Waals surface area contributed by atoms with Crippen LogP contribution in [-0.2, 0) is 16.6 Å². The van der Waals surface area contributed by atoms with Crippen molar-refractivity contribution in [2.24, 2.45) is 0 Å². The zero-order chi connectivity index (χ0) is 13.9. The molecule has 1 aromatic rings. The Balaban J connectivity index is 2.20. The van der Waals surface area contributed by atoms with Crippen LogP contribution in [0.1, 0.15) is 36.6 Å². The lowest BCUT2D eigenvalue weighted by Crippen LogP contribution is -2.35. The zero-order valence-electron chi connectivity index (χ0n) is 11.6. The van der Waals surface area contributed by atoms with E-state index in [0.717, 1.165) is 42.8 Å². The first-order chi connectivity index (χ1) is 9.05. The van der Waals surface area contributed by atoms with E-state index in [9.17, 15) is 8.42 Å². The van der Waals surface area contributed by atoms with Crippen molar-refractivity contribution in [2.45, 2.75) is 43.9 Å². The van der Waals surface area contributed by atoms with Crippen LogP contribution in [0.15, 0.2) is 10.3 Å². The van der Waals surface area contributed by atoms with E-state index in [1.54, 1.807) is 4.31 Å². The molecule has 2 heterocycles. The molecule has 1 N–H and O–H groups in total. The molecule has 0 radical (unpaired) electrons. The average molecular weight is 302 g/mol. The van der Waals surface area contributed by atoms with Crippen LogP contribution < -0.4 is 5.32 Å². The second-order valence-corrected chi connectivity index (χ2v) is 8.22. The summed E-state index contributed by atoms with van der Waals surface area (Å²) in [6, 6.07) is 1.82. The van der Waals surface area contributed by atoms with Gasteiger partial charge in [-0.3, -0.25) is 0 Å². The number of aryl methyl sites for hydroxylation is 1. The second-order valence-electron chi connectivity index (χ2n) is 4.92. The summed E-state index contributed by atoms with van der Waals surface area (Å²) in [6.07, 6.45) is 3.10. The molecule has 0 aliphatic carbocycles. The number of rotatable bonds is 5. The Morgan fingerprint density at radius 1 is 1.32 bits per heavy atom. The van der Waals surface area contributed by atoms with Crippen molar-refractivity contribution >= 4 is 21.4 Å². The predicted octanol–water partition coefficient (Wildman–Crippen LogP) is 2.34. The molecule has 19 heavy (non-hydrogen) atoms. The normalized spacial score (nSPS) is 17.8. The van der Waals surface area contributed by atoms with Crippen molar-refractivity contribution in [3.05, 3.63) is 16.5 Å². The molecule has 0 unspecified atom stereocenters. The molecule has 2 rings (SSSR count). The van der Waals surface area contributed by atoms with Crippen LogP contribution >= 0.6 is 11.3 Å². The standard InChI is InChI=1S/C13H22N2O2S2/c1-3-14-10-12-11(2)9-13(18-12)19(16,17)15-7-5-4-6-8-15/h9,14H,3-8,10H2,1-2H3. The van der Waals surface area contributed by atoms with E-state index in [1.807, 2.05) is 19.9 Å². The van der Waals surface area contributed by atoms with Crippen LogP contribution in [0.3, 0.4) is 0 Å². The SMILES string of the molecule is CCNCc1sc(S(=O)(=O)N2CCCCC2)cc1C. The number of nitrogens with one attached hydrogen (secondary N) is 1.